The number of ether oxygens (including phenoxy) is 1. The van der Waals surface area contributed by atoms with Crippen LogP contribution in [0, 0.1) is 0 Å². The summed E-state index contributed by atoms with van der Waals surface area (Å²) >= 11 is 3.43. The molecule has 1 aliphatic carbocycles. The third-order valence-corrected chi connectivity index (χ3v) is 3.91. The van der Waals surface area contributed by atoms with Crippen molar-refractivity contribution in [1.82, 2.24) is 9.97 Å². The first-order valence-corrected chi connectivity index (χ1v) is 7.29. The number of aromatic nitrogens is 2. The molecule has 0 bridgehead atoms. The van der Waals surface area contributed by atoms with Crippen molar-refractivity contribution in [3.63, 3.8) is 0 Å². The molecule has 0 aliphatic heterocycles. The first-order chi connectivity index (χ1) is 8.67. The van der Waals surface area contributed by atoms with Gasteiger partial charge in [-0.05, 0) is 41.6 Å². The highest BCUT2D eigenvalue weighted by atomic mass is 79.9. The molecule has 0 amide bonds. The molecule has 1 N–H and O–H groups in total. The van der Waals surface area contributed by atoms with Crippen molar-refractivity contribution >= 4 is 21.7 Å². The van der Waals surface area contributed by atoms with Crippen LogP contribution >= 0.6 is 15.9 Å². The number of halogens is 1. The van der Waals surface area contributed by atoms with Gasteiger partial charge in [-0.15, -0.1) is 0 Å². The summed E-state index contributed by atoms with van der Waals surface area (Å²) in [5.41, 5.74) is 0.0162. The van der Waals surface area contributed by atoms with Crippen molar-refractivity contribution in [3.05, 3.63) is 16.5 Å². The molecule has 0 radical (unpaired) electrons. The number of hydrogen-bond donors (Lipinski definition) is 1. The lowest BCUT2D eigenvalue weighted by atomic mass is 9.80. The van der Waals surface area contributed by atoms with E-state index in [2.05, 4.69) is 38.1 Å². The molecule has 4 nitrogen and oxygen atoms in total. The monoisotopic (exact) mass is 313 g/mol. The molecule has 5 heteroatoms. The molecule has 1 fully saturated rings. The van der Waals surface area contributed by atoms with Gasteiger partial charge in [0.2, 0.25) is 0 Å². The molecule has 18 heavy (non-hydrogen) atoms. The van der Waals surface area contributed by atoms with E-state index in [1.54, 1.807) is 7.11 Å². The second-order valence-corrected chi connectivity index (χ2v) is 5.65. The zero-order chi connectivity index (χ0) is 13.0. The molecule has 1 aromatic rings. The van der Waals surface area contributed by atoms with Crippen molar-refractivity contribution in [2.24, 2.45) is 0 Å². The Morgan fingerprint density at radius 1 is 1.44 bits per heavy atom. The second-order valence-electron chi connectivity index (χ2n) is 4.84. The minimum Gasteiger partial charge on any atom is -0.376 e. The molecule has 100 valence electrons. The zero-order valence-corrected chi connectivity index (χ0v) is 12.6. The van der Waals surface area contributed by atoms with E-state index < -0.39 is 0 Å². The van der Waals surface area contributed by atoms with Crippen LogP contribution in [0.2, 0.25) is 0 Å². The van der Waals surface area contributed by atoms with Crippen LogP contribution in [0.5, 0.6) is 0 Å². The smallest absolute Gasteiger partial charge is 0.132 e. The summed E-state index contributed by atoms with van der Waals surface area (Å²) < 4.78 is 6.42. The summed E-state index contributed by atoms with van der Waals surface area (Å²) in [4.78, 5) is 8.87. The number of anilines is 1. The Morgan fingerprint density at radius 2 is 2.22 bits per heavy atom. The SMILES string of the molecule is CCCc1nc(Br)cc(NCC2(OC)CCC2)n1. The number of nitrogens with zero attached hydrogens (tertiary/aromatic N) is 2. The van der Waals surface area contributed by atoms with Gasteiger partial charge in [-0.1, -0.05) is 6.92 Å². The van der Waals surface area contributed by atoms with Gasteiger partial charge >= 0.3 is 0 Å². The average molecular weight is 314 g/mol. The summed E-state index contributed by atoms with van der Waals surface area (Å²) in [5, 5.41) is 3.37. The van der Waals surface area contributed by atoms with Gasteiger partial charge in [0.05, 0.1) is 5.60 Å². The molecular weight excluding hydrogens is 294 g/mol. The van der Waals surface area contributed by atoms with Crippen molar-refractivity contribution in [1.29, 1.82) is 0 Å². The van der Waals surface area contributed by atoms with Gasteiger partial charge in [-0.25, -0.2) is 9.97 Å². The summed E-state index contributed by atoms with van der Waals surface area (Å²) in [5.74, 6) is 1.76. The molecule has 0 unspecified atom stereocenters. The van der Waals surface area contributed by atoms with Crippen LogP contribution in [0.25, 0.3) is 0 Å². The number of hydrogen-bond acceptors (Lipinski definition) is 4. The molecule has 1 aromatic heterocycles. The lowest BCUT2D eigenvalue weighted by Crippen LogP contribution is -2.45. The summed E-state index contributed by atoms with van der Waals surface area (Å²) in [7, 11) is 1.79. The van der Waals surface area contributed by atoms with E-state index in [9.17, 15) is 0 Å². The minimum atomic E-state index is 0.0162. The predicted octanol–water partition coefficient (Wildman–Crippen LogP) is 3.17. The Hall–Kier alpha value is -0.680. The van der Waals surface area contributed by atoms with Crippen LogP contribution < -0.4 is 5.32 Å². The zero-order valence-electron chi connectivity index (χ0n) is 11.0. The van der Waals surface area contributed by atoms with Crippen LogP contribution in [-0.4, -0.2) is 29.2 Å². The maximum atomic E-state index is 5.59. The maximum Gasteiger partial charge on any atom is 0.132 e. The van der Waals surface area contributed by atoms with Crippen LogP contribution in [0.3, 0.4) is 0 Å². The topological polar surface area (TPSA) is 47.0 Å². The highest BCUT2D eigenvalue weighted by Crippen LogP contribution is 2.35. The largest absolute Gasteiger partial charge is 0.376 e. The van der Waals surface area contributed by atoms with E-state index in [1.165, 1.54) is 6.42 Å². The highest BCUT2D eigenvalue weighted by Gasteiger charge is 2.36. The van der Waals surface area contributed by atoms with Gasteiger partial charge in [0.1, 0.15) is 16.2 Å². The van der Waals surface area contributed by atoms with E-state index in [-0.39, 0.29) is 5.60 Å². The van der Waals surface area contributed by atoms with Gasteiger partial charge in [-0.2, -0.15) is 0 Å². The van der Waals surface area contributed by atoms with Crippen molar-refractivity contribution in [3.8, 4) is 0 Å². The number of aryl methyl sites for hydroxylation is 1. The Balaban J connectivity index is 2.00. The average Bonchev–Trinajstić information content (AvgIpc) is 2.28. The third kappa shape index (κ3) is 3.20. The molecule has 1 heterocycles. The number of rotatable bonds is 6. The summed E-state index contributed by atoms with van der Waals surface area (Å²) in [6, 6.07) is 1.92. The third-order valence-electron chi connectivity index (χ3n) is 3.50. The summed E-state index contributed by atoms with van der Waals surface area (Å²) in [6.07, 6.45) is 5.47. The van der Waals surface area contributed by atoms with E-state index in [0.29, 0.717) is 0 Å². The molecule has 1 aliphatic rings. The van der Waals surface area contributed by atoms with E-state index in [4.69, 9.17) is 4.74 Å². The Labute approximate surface area is 117 Å². The molecule has 0 saturated heterocycles. The Morgan fingerprint density at radius 3 is 2.78 bits per heavy atom. The van der Waals surface area contributed by atoms with E-state index >= 15 is 0 Å². The van der Waals surface area contributed by atoms with Crippen LogP contribution in [-0.2, 0) is 11.2 Å². The Bertz CT molecular complexity index is 402. The first kappa shape index (κ1) is 13.7. The van der Waals surface area contributed by atoms with E-state index in [0.717, 1.165) is 48.5 Å². The van der Waals surface area contributed by atoms with Crippen molar-refractivity contribution in [2.75, 3.05) is 19.0 Å². The standard InChI is InChI=1S/C13H20BrN3O/c1-3-5-11-16-10(14)8-12(17-11)15-9-13(18-2)6-4-7-13/h8H,3-7,9H2,1-2H3,(H,15,16,17). The maximum absolute atomic E-state index is 5.59. The lowest BCUT2D eigenvalue weighted by Gasteiger charge is -2.40. The second kappa shape index (κ2) is 5.97. The molecule has 1 saturated carbocycles. The molecule has 2 rings (SSSR count). The van der Waals surface area contributed by atoms with Crippen molar-refractivity contribution < 1.29 is 4.74 Å². The molecule has 0 atom stereocenters. The van der Waals surface area contributed by atoms with Gasteiger partial charge in [0.15, 0.2) is 0 Å². The molecular formula is C13H20BrN3O. The fraction of sp³-hybridized carbons (Fsp3) is 0.692. The molecule has 0 aromatic carbocycles. The summed E-state index contributed by atoms with van der Waals surface area (Å²) in [6.45, 7) is 2.95. The van der Waals surface area contributed by atoms with E-state index in [1.807, 2.05) is 6.07 Å². The van der Waals surface area contributed by atoms with Crippen LogP contribution in [0.1, 0.15) is 38.4 Å². The van der Waals surface area contributed by atoms with Crippen molar-refractivity contribution in [2.45, 2.75) is 44.6 Å². The molecule has 0 spiro atoms. The minimum absolute atomic E-state index is 0.0162. The fourth-order valence-corrected chi connectivity index (χ4v) is 2.59. The quantitative estimate of drug-likeness (QED) is 0.819. The van der Waals surface area contributed by atoms with Crippen LogP contribution in [0.4, 0.5) is 5.82 Å². The van der Waals surface area contributed by atoms with Gasteiger partial charge in [0, 0.05) is 26.1 Å². The van der Waals surface area contributed by atoms with Gasteiger partial charge < -0.3 is 10.1 Å². The fourth-order valence-electron chi connectivity index (χ4n) is 2.17. The van der Waals surface area contributed by atoms with Crippen LogP contribution in [0.15, 0.2) is 10.7 Å². The number of methoxy groups -OCH3 is 1. The first-order valence-electron chi connectivity index (χ1n) is 6.50. The number of nitrogens with one attached hydrogen (secondary N) is 1. The lowest BCUT2D eigenvalue weighted by molar-refractivity contribution is -0.0601. The highest BCUT2D eigenvalue weighted by molar-refractivity contribution is 9.10. The normalized spacial score (nSPS) is 17.3. The predicted molar refractivity (Wildman–Crippen MR) is 75.8 cm³/mol. The Kier molecular flexibility index (Phi) is 4.56. The van der Waals surface area contributed by atoms with Gasteiger partial charge in [-0.3, -0.25) is 0 Å². The van der Waals surface area contributed by atoms with Gasteiger partial charge in [0.25, 0.3) is 0 Å².